The van der Waals surface area contributed by atoms with Crippen molar-refractivity contribution in [2.45, 2.75) is 19.8 Å². The molecule has 2 aromatic rings. The molecule has 1 amide bonds. The molecule has 0 spiro atoms. The Morgan fingerprint density at radius 2 is 1.55 bits per heavy atom. The first-order chi connectivity index (χ1) is 9.65. The highest BCUT2D eigenvalue weighted by molar-refractivity contribution is 5.93. The zero-order chi connectivity index (χ0) is 14.4. The predicted molar refractivity (Wildman–Crippen MR) is 79.6 cm³/mol. The lowest BCUT2D eigenvalue weighted by Crippen LogP contribution is -2.16. The summed E-state index contributed by atoms with van der Waals surface area (Å²) >= 11 is 0. The largest absolute Gasteiger partial charge is 0.326 e. The van der Waals surface area contributed by atoms with Crippen LogP contribution < -0.4 is 5.32 Å². The van der Waals surface area contributed by atoms with Gasteiger partial charge in [-0.15, -0.1) is 0 Å². The molecule has 2 rings (SSSR count). The van der Waals surface area contributed by atoms with Gasteiger partial charge in [0.2, 0.25) is 5.91 Å². The van der Waals surface area contributed by atoms with Gasteiger partial charge in [0.1, 0.15) is 5.78 Å². The number of anilines is 1. The molecule has 0 saturated heterocycles. The van der Waals surface area contributed by atoms with Crippen LogP contribution in [0.1, 0.15) is 18.1 Å². The maximum absolute atomic E-state index is 12.0. The van der Waals surface area contributed by atoms with E-state index in [-0.39, 0.29) is 11.7 Å². The van der Waals surface area contributed by atoms with Crippen molar-refractivity contribution < 1.29 is 9.59 Å². The fraction of sp³-hybridized carbons (Fsp3) is 0.176. The fourth-order valence-electron chi connectivity index (χ4n) is 2.04. The van der Waals surface area contributed by atoms with Crippen LogP contribution in [0.5, 0.6) is 0 Å². The maximum atomic E-state index is 12.0. The Hall–Kier alpha value is -2.42. The third-order valence-electron chi connectivity index (χ3n) is 2.94. The second-order valence-corrected chi connectivity index (χ2v) is 4.75. The molecule has 0 fully saturated rings. The maximum Gasteiger partial charge on any atom is 0.228 e. The first-order valence-electron chi connectivity index (χ1n) is 6.56. The molecule has 3 nitrogen and oxygen atoms in total. The van der Waals surface area contributed by atoms with Crippen LogP contribution in [0.25, 0.3) is 0 Å². The number of carbonyl (C=O) groups excluding carboxylic acids is 2. The third kappa shape index (κ3) is 4.05. The Labute approximate surface area is 118 Å². The van der Waals surface area contributed by atoms with E-state index in [9.17, 15) is 9.59 Å². The molecule has 0 unspecified atom stereocenters. The number of Topliss-reactive ketones (excluding diaryl/α,β-unsaturated/α-hetero) is 1. The second kappa shape index (κ2) is 6.66. The molecule has 0 bridgehead atoms. The fourth-order valence-corrected chi connectivity index (χ4v) is 2.04. The lowest BCUT2D eigenvalue weighted by Gasteiger charge is -2.10. The van der Waals surface area contributed by atoms with Gasteiger partial charge in [-0.25, -0.2) is 0 Å². The number of carbonyl (C=O) groups is 2. The van der Waals surface area contributed by atoms with Gasteiger partial charge >= 0.3 is 0 Å². The summed E-state index contributed by atoms with van der Waals surface area (Å²) in [6.45, 7) is 1.54. The van der Waals surface area contributed by atoms with Gasteiger partial charge in [0.15, 0.2) is 0 Å². The SMILES string of the molecule is CC(=O)Cc1ccccc1NC(=O)Cc1ccccc1. The van der Waals surface area contributed by atoms with Crippen LogP contribution in [0.15, 0.2) is 54.6 Å². The molecular weight excluding hydrogens is 250 g/mol. The molecule has 0 aliphatic rings. The van der Waals surface area contributed by atoms with E-state index in [1.807, 2.05) is 54.6 Å². The van der Waals surface area contributed by atoms with Crippen molar-refractivity contribution in [1.82, 2.24) is 0 Å². The van der Waals surface area contributed by atoms with Gasteiger partial charge < -0.3 is 5.32 Å². The Kier molecular flexibility index (Phi) is 4.66. The molecule has 0 radical (unpaired) electrons. The molecule has 1 N–H and O–H groups in total. The molecule has 0 heterocycles. The first kappa shape index (κ1) is 14.0. The monoisotopic (exact) mass is 267 g/mol. The minimum absolute atomic E-state index is 0.0767. The lowest BCUT2D eigenvalue weighted by atomic mass is 10.1. The third-order valence-corrected chi connectivity index (χ3v) is 2.94. The summed E-state index contributed by atoms with van der Waals surface area (Å²) in [5.41, 5.74) is 2.53. The van der Waals surface area contributed by atoms with E-state index in [1.165, 1.54) is 0 Å². The Balaban J connectivity index is 2.06. The zero-order valence-electron chi connectivity index (χ0n) is 11.4. The van der Waals surface area contributed by atoms with E-state index < -0.39 is 0 Å². The number of benzene rings is 2. The Morgan fingerprint density at radius 1 is 0.900 bits per heavy atom. The minimum atomic E-state index is -0.0767. The number of ketones is 1. The van der Waals surface area contributed by atoms with Crippen molar-refractivity contribution >= 4 is 17.4 Å². The summed E-state index contributed by atoms with van der Waals surface area (Å²) in [5, 5.41) is 2.87. The Morgan fingerprint density at radius 3 is 2.25 bits per heavy atom. The van der Waals surface area contributed by atoms with Crippen LogP contribution in [0.4, 0.5) is 5.69 Å². The highest BCUT2D eigenvalue weighted by Crippen LogP contribution is 2.16. The van der Waals surface area contributed by atoms with Crippen LogP contribution in [-0.4, -0.2) is 11.7 Å². The van der Waals surface area contributed by atoms with E-state index >= 15 is 0 Å². The van der Waals surface area contributed by atoms with Crippen molar-refractivity contribution in [2.75, 3.05) is 5.32 Å². The molecule has 2 aromatic carbocycles. The molecule has 0 saturated carbocycles. The van der Waals surface area contributed by atoms with Gasteiger partial charge in [0.25, 0.3) is 0 Å². The number of nitrogens with one attached hydrogen (secondary N) is 1. The van der Waals surface area contributed by atoms with Crippen molar-refractivity contribution in [3.63, 3.8) is 0 Å². The molecule has 0 aliphatic heterocycles. The molecule has 20 heavy (non-hydrogen) atoms. The molecule has 0 aromatic heterocycles. The van der Waals surface area contributed by atoms with Gasteiger partial charge in [-0.3, -0.25) is 9.59 Å². The van der Waals surface area contributed by atoms with E-state index in [0.717, 1.165) is 11.1 Å². The summed E-state index contributed by atoms with van der Waals surface area (Å²) in [5.74, 6) is 0.00182. The molecule has 102 valence electrons. The number of para-hydroxylation sites is 1. The van der Waals surface area contributed by atoms with E-state index in [1.54, 1.807) is 6.92 Å². The number of hydrogen-bond donors (Lipinski definition) is 1. The van der Waals surface area contributed by atoms with Crippen LogP contribution in [0, 0.1) is 0 Å². The normalized spacial score (nSPS) is 10.1. The lowest BCUT2D eigenvalue weighted by molar-refractivity contribution is -0.117. The van der Waals surface area contributed by atoms with Crippen molar-refractivity contribution in [2.24, 2.45) is 0 Å². The summed E-state index contributed by atoms with van der Waals surface area (Å²) in [4.78, 5) is 23.3. The summed E-state index contributed by atoms with van der Waals surface area (Å²) in [6.07, 6.45) is 0.664. The zero-order valence-corrected chi connectivity index (χ0v) is 11.4. The summed E-state index contributed by atoms with van der Waals surface area (Å²) in [6, 6.07) is 17.0. The standard InChI is InChI=1S/C17H17NO2/c1-13(19)11-15-9-5-6-10-16(15)18-17(20)12-14-7-3-2-4-8-14/h2-10H,11-12H2,1H3,(H,18,20). The van der Waals surface area contributed by atoms with Crippen molar-refractivity contribution in [3.05, 3.63) is 65.7 Å². The molecular formula is C17H17NO2. The second-order valence-electron chi connectivity index (χ2n) is 4.75. The van der Waals surface area contributed by atoms with Gasteiger partial charge in [0, 0.05) is 12.1 Å². The van der Waals surface area contributed by atoms with E-state index in [2.05, 4.69) is 5.32 Å². The van der Waals surface area contributed by atoms with Crippen molar-refractivity contribution in [1.29, 1.82) is 0 Å². The summed E-state index contributed by atoms with van der Waals surface area (Å²) < 4.78 is 0. The van der Waals surface area contributed by atoms with Gasteiger partial charge in [-0.05, 0) is 24.1 Å². The Bertz CT molecular complexity index is 605. The van der Waals surface area contributed by atoms with Crippen LogP contribution in [0.3, 0.4) is 0 Å². The highest BCUT2D eigenvalue weighted by Gasteiger charge is 2.08. The van der Waals surface area contributed by atoms with Gasteiger partial charge in [-0.2, -0.15) is 0 Å². The smallest absolute Gasteiger partial charge is 0.228 e. The number of rotatable bonds is 5. The average molecular weight is 267 g/mol. The quantitative estimate of drug-likeness (QED) is 0.905. The summed E-state index contributed by atoms with van der Waals surface area (Å²) in [7, 11) is 0. The van der Waals surface area contributed by atoms with E-state index in [0.29, 0.717) is 18.5 Å². The highest BCUT2D eigenvalue weighted by atomic mass is 16.1. The van der Waals surface area contributed by atoms with Gasteiger partial charge in [0.05, 0.1) is 6.42 Å². The van der Waals surface area contributed by atoms with Crippen LogP contribution in [-0.2, 0) is 22.4 Å². The molecule has 3 heteroatoms. The van der Waals surface area contributed by atoms with Crippen LogP contribution >= 0.6 is 0 Å². The van der Waals surface area contributed by atoms with Crippen LogP contribution in [0.2, 0.25) is 0 Å². The number of hydrogen-bond acceptors (Lipinski definition) is 2. The van der Waals surface area contributed by atoms with Gasteiger partial charge in [-0.1, -0.05) is 48.5 Å². The first-order valence-corrected chi connectivity index (χ1v) is 6.56. The predicted octanol–water partition coefficient (Wildman–Crippen LogP) is 3.00. The average Bonchev–Trinajstić information content (AvgIpc) is 2.41. The van der Waals surface area contributed by atoms with Crippen molar-refractivity contribution in [3.8, 4) is 0 Å². The molecule has 0 aliphatic carbocycles. The minimum Gasteiger partial charge on any atom is -0.326 e. The molecule has 0 atom stereocenters. The van der Waals surface area contributed by atoms with E-state index in [4.69, 9.17) is 0 Å². The topological polar surface area (TPSA) is 46.2 Å². The number of amides is 1.